The summed E-state index contributed by atoms with van der Waals surface area (Å²) in [6.07, 6.45) is 0.893. The van der Waals surface area contributed by atoms with Crippen LogP contribution in [0.3, 0.4) is 0 Å². The highest BCUT2D eigenvalue weighted by Crippen LogP contribution is 2.14. The SMILES string of the molecule is CCCn1nc(CNc2ccc(Br)cc2)[nH]c1=O. The lowest BCUT2D eigenvalue weighted by Crippen LogP contribution is -2.17. The Morgan fingerprint density at radius 2 is 2.11 bits per heavy atom. The highest BCUT2D eigenvalue weighted by molar-refractivity contribution is 9.10. The van der Waals surface area contributed by atoms with Gasteiger partial charge < -0.3 is 5.32 Å². The summed E-state index contributed by atoms with van der Waals surface area (Å²) in [5, 5.41) is 7.41. The van der Waals surface area contributed by atoms with Crippen molar-refractivity contribution in [2.75, 3.05) is 5.32 Å². The van der Waals surface area contributed by atoms with Gasteiger partial charge in [-0.1, -0.05) is 22.9 Å². The van der Waals surface area contributed by atoms with Gasteiger partial charge in [-0.05, 0) is 30.7 Å². The number of nitrogens with one attached hydrogen (secondary N) is 2. The van der Waals surface area contributed by atoms with Gasteiger partial charge in [0.05, 0.1) is 6.54 Å². The van der Waals surface area contributed by atoms with Crippen LogP contribution in [-0.4, -0.2) is 14.8 Å². The van der Waals surface area contributed by atoms with Crippen molar-refractivity contribution in [3.8, 4) is 0 Å². The van der Waals surface area contributed by atoms with Crippen LogP contribution in [0.25, 0.3) is 0 Å². The zero-order valence-electron chi connectivity index (χ0n) is 10.1. The predicted molar refractivity (Wildman–Crippen MR) is 74.6 cm³/mol. The van der Waals surface area contributed by atoms with Gasteiger partial charge in [-0.3, -0.25) is 4.98 Å². The molecule has 0 saturated carbocycles. The first-order chi connectivity index (χ1) is 8.69. The van der Waals surface area contributed by atoms with E-state index in [0.29, 0.717) is 18.9 Å². The first-order valence-corrected chi connectivity index (χ1v) is 6.64. The van der Waals surface area contributed by atoms with Crippen LogP contribution in [0.5, 0.6) is 0 Å². The zero-order valence-corrected chi connectivity index (χ0v) is 11.7. The van der Waals surface area contributed by atoms with E-state index < -0.39 is 0 Å². The number of anilines is 1. The molecule has 0 amide bonds. The lowest BCUT2D eigenvalue weighted by Gasteiger charge is -2.03. The molecule has 2 N–H and O–H groups in total. The zero-order chi connectivity index (χ0) is 13.0. The Hall–Kier alpha value is -1.56. The molecule has 2 rings (SSSR count). The third-order valence-corrected chi connectivity index (χ3v) is 3.00. The molecular formula is C12H15BrN4O. The van der Waals surface area contributed by atoms with E-state index in [1.54, 1.807) is 0 Å². The van der Waals surface area contributed by atoms with E-state index in [-0.39, 0.29) is 5.69 Å². The van der Waals surface area contributed by atoms with Crippen LogP contribution in [0.4, 0.5) is 5.69 Å². The van der Waals surface area contributed by atoms with E-state index >= 15 is 0 Å². The van der Waals surface area contributed by atoms with Crippen molar-refractivity contribution in [2.24, 2.45) is 0 Å². The summed E-state index contributed by atoms with van der Waals surface area (Å²) in [6, 6.07) is 7.85. The highest BCUT2D eigenvalue weighted by Gasteiger charge is 2.03. The molecule has 0 spiro atoms. The van der Waals surface area contributed by atoms with Crippen molar-refractivity contribution in [3.05, 3.63) is 45.0 Å². The van der Waals surface area contributed by atoms with E-state index in [9.17, 15) is 4.79 Å². The molecule has 0 radical (unpaired) electrons. The number of nitrogens with zero attached hydrogens (tertiary/aromatic N) is 2. The number of halogens is 1. The molecule has 1 aromatic carbocycles. The lowest BCUT2D eigenvalue weighted by atomic mass is 10.3. The predicted octanol–water partition coefficient (Wildman–Crippen LogP) is 2.36. The second-order valence-electron chi connectivity index (χ2n) is 3.96. The van der Waals surface area contributed by atoms with Gasteiger partial charge in [-0.15, -0.1) is 0 Å². The molecule has 96 valence electrons. The van der Waals surface area contributed by atoms with E-state index in [4.69, 9.17) is 0 Å². The van der Waals surface area contributed by atoms with Gasteiger partial charge in [-0.2, -0.15) is 5.10 Å². The molecular weight excluding hydrogens is 296 g/mol. The van der Waals surface area contributed by atoms with Crippen LogP contribution in [0, 0.1) is 0 Å². The standard InChI is InChI=1S/C12H15BrN4O/c1-2-7-17-12(18)15-11(16-17)8-14-10-5-3-9(13)4-6-10/h3-6,14H,2,7-8H2,1H3,(H,15,16,18). The summed E-state index contributed by atoms with van der Waals surface area (Å²) in [6.45, 7) is 3.17. The van der Waals surface area contributed by atoms with Crippen molar-refractivity contribution < 1.29 is 0 Å². The van der Waals surface area contributed by atoms with Crippen molar-refractivity contribution >= 4 is 21.6 Å². The molecule has 0 aliphatic carbocycles. The third kappa shape index (κ3) is 3.22. The quantitative estimate of drug-likeness (QED) is 0.891. The van der Waals surface area contributed by atoms with E-state index in [0.717, 1.165) is 16.6 Å². The summed E-state index contributed by atoms with van der Waals surface area (Å²) < 4.78 is 2.49. The van der Waals surface area contributed by atoms with E-state index in [1.807, 2.05) is 31.2 Å². The number of aryl methyl sites for hydroxylation is 1. The Balaban J connectivity index is 1.99. The number of hydrogen-bond acceptors (Lipinski definition) is 3. The van der Waals surface area contributed by atoms with Gasteiger partial charge in [0.1, 0.15) is 5.82 Å². The lowest BCUT2D eigenvalue weighted by molar-refractivity contribution is 0.577. The van der Waals surface area contributed by atoms with Crippen LogP contribution in [0.1, 0.15) is 19.2 Å². The summed E-state index contributed by atoms with van der Waals surface area (Å²) in [7, 11) is 0. The molecule has 0 aliphatic heterocycles. The molecule has 0 aliphatic rings. The van der Waals surface area contributed by atoms with Crippen LogP contribution in [0.2, 0.25) is 0 Å². The molecule has 0 unspecified atom stereocenters. The average molecular weight is 311 g/mol. The minimum atomic E-state index is -0.149. The molecule has 1 heterocycles. The Morgan fingerprint density at radius 3 is 2.78 bits per heavy atom. The van der Waals surface area contributed by atoms with Gasteiger partial charge in [0.25, 0.3) is 0 Å². The maximum absolute atomic E-state index is 11.5. The molecule has 5 nitrogen and oxygen atoms in total. The topological polar surface area (TPSA) is 62.7 Å². The Kier molecular flexibility index (Phi) is 4.19. The van der Waals surface area contributed by atoms with Crippen molar-refractivity contribution in [1.82, 2.24) is 14.8 Å². The minimum Gasteiger partial charge on any atom is -0.378 e. The number of aromatic amines is 1. The van der Waals surface area contributed by atoms with E-state index in [2.05, 4.69) is 31.3 Å². The van der Waals surface area contributed by atoms with Crippen molar-refractivity contribution in [3.63, 3.8) is 0 Å². The first kappa shape index (κ1) is 12.9. The van der Waals surface area contributed by atoms with Crippen molar-refractivity contribution in [2.45, 2.75) is 26.4 Å². The maximum Gasteiger partial charge on any atom is 0.343 e. The van der Waals surface area contributed by atoms with Gasteiger partial charge in [0, 0.05) is 16.7 Å². The molecule has 0 saturated heterocycles. The summed E-state index contributed by atoms with van der Waals surface area (Å²) in [5.41, 5.74) is 0.841. The fourth-order valence-electron chi connectivity index (χ4n) is 1.60. The second kappa shape index (κ2) is 5.86. The van der Waals surface area contributed by atoms with Gasteiger partial charge in [-0.25, -0.2) is 9.48 Å². The van der Waals surface area contributed by atoms with Crippen LogP contribution < -0.4 is 11.0 Å². The smallest absolute Gasteiger partial charge is 0.343 e. The average Bonchev–Trinajstić information content (AvgIpc) is 2.70. The van der Waals surface area contributed by atoms with Gasteiger partial charge >= 0.3 is 5.69 Å². The molecule has 0 atom stereocenters. The normalized spacial score (nSPS) is 10.6. The number of hydrogen-bond donors (Lipinski definition) is 2. The van der Waals surface area contributed by atoms with Crippen LogP contribution in [-0.2, 0) is 13.1 Å². The van der Waals surface area contributed by atoms with E-state index in [1.165, 1.54) is 4.68 Å². The molecule has 2 aromatic rings. The van der Waals surface area contributed by atoms with Gasteiger partial charge in [0.2, 0.25) is 0 Å². The summed E-state index contributed by atoms with van der Waals surface area (Å²) in [4.78, 5) is 14.2. The number of aromatic nitrogens is 3. The van der Waals surface area contributed by atoms with Crippen LogP contribution in [0.15, 0.2) is 33.5 Å². The molecule has 1 aromatic heterocycles. The second-order valence-corrected chi connectivity index (χ2v) is 4.88. The summed E-state index contributed by atoms with van der Waals surface area (Å²) in [5.74, 6) is 0.649. The Labute approximate surface area is 113 Å². The van der Waals surface area contributed by atoms with Crippen molar-refractivity contribution in [1.29, 1.82) is 0 Å². The first-order valence-electron chi connectivity index (χ1n) is 5.84. The number of rotatable bonds is 5. The Morgan fingerprint density at radius 1 is 1.39 bits per heavy atom. The van der Waals surface area contributed by atoms with Crippen LogP contribution >= 0.6 is 15.9 Å². The summed E-state index contributed by atoms with van der Waals surface area (Å²) >= 11 is 3.38. The molecule has 6 heteroatoms. The monoisotopic (exact) mass is 310 g/mol. The maximum atomic E-state index is 11.5. The largest absolute Gasteiger partial charge is 0.378 e. The minimum absolute atomic E-state index is 0.149. The number of benzene rings is 1. The molecule has 0 bridgehead atoms. The third-order valence-electron chi connectivity index (χ3n) is 2.47. The Bertz CT molecular complexity index is 558. The molecule has 0 fully saturated rings. The number of H-pyrrole nitrogens is 1. The highest BCUT2D eigenvalue weighted by atomic mass is 79.9. The fraction of sp³-hybridized carbons (Fsp3) is 0.333. The van der Waals surface area contributed by atoms with Gasteiger partial charge in [0.15, 0.2) is 0 Å². The molecule has 18 heavy (non-hydrogen) atoms. The fourth-order valence-corrected chi connectivity index (χ4v) is 1.86.